The zero-order valence-electron chi connectivity index (χ0n) is 8.26. The molecule has 1 saturated heterocycles. The summed E-state index contributed by atoms with van der Waals surface area (Å²) in [5.74, 6) is -1.72. The third-order valence-corrected chi connectivity index (χ3v) is 2.91. The second-order valence-corrected chi connectivity index (χ2v) is 4.52. The van der Waals surface area contributed by atoms with Gasteiger partial charge in [0.2, 0.25) is 5.91 Å². The monoisotopic (exact) mass is 284 g/mol. The molecule has 1 aromatic heterocycles. The van der Waals surface area contributed by atoms with Crippen LogP contribution >= 0.6 is 15.9 Å². The van der Waals surface area contributed by atoms with E-state index in [1.165, 1.54) is 4.90 Å². The lowest BCUT2D eigenvalue weighted by atomic mass is 10.1. The molecule has 1 aromatic rings. The molecule has 2 rings (SSSR count). The van der Waals surface area contributed by atoms with Crippen molar-refractivity contribution in [3.8, 4) is 0 Å². The fourth-order valence-electron chi connectivity index (χ4n) is 1.67. The van der Waals surface area contributed by atoms with Gasteiger partial charge in [0.05, 0.1) is 17.8 Å². The Morgan fingerprint density at radius 2 is 2.31 bits per heavy atom. The van der Waals surface area contributed by atoms with Crippen LogP contribution in [-0.4, -0.2) is 28.5 Å². The molecule has 0 spiro atoms. The summed E-state index contributed by atoms with van der Waals surface area (Å²) in [5, 5.41) is 8.85. The minimum atomic E-state index is -0.932. The number of carboxylic acid groups (broad SMARTS) is 1. The molecular formula is C10H9BrN2O3. The number of pyridine rings is 1. The Morgan fingerprint density at radius 3 is 2.88 bits per heavy atom. The summed E-state index contributed by atoms with van der Waals surface area (Å²) >= 11 is 3.26. The standard InChI is InChI=1S/C10H9BrN2O3/c11-7-2-8(4-12-3-7)13-5-6(10(15)16)1-9(13)14/h2-4,6H,1,5H2,(H,15,16). The summed E-state index contributed by atoms with van der Waals surface area (Å²) in [6.45, 7) is 0.215. The summed E-state index contributed by atoms with van der Waals surface area (Å²) in [5.41, 5.74) is 0.628. The van der Waals surface area contributed by atoms with Crippen LogP contribution in [0.25, 0.3) is 0 Å². The van der Waals surface area contributed by atoms with Gasteiger partial charge in [-0.2, -0.15) is 0 Å². The van der Waals surface area contributed by atoms with Gasteiger partial charge in [-0.05, 0) is 22.0 Å². The smallest absolute Gasteiger partial charge is 0.308 e. The molecule has 1 aliphatic heterocycles. The highest BCUT2D eigenvalue weighted by molar-refractivity contribution is 9.10. The van der Waals surface area contributed by atoms with Gasteiger partial charge < -0.3 is 10.0 Å². The van der Waals surface area contributed by atoms with Crippen molar-refractivity contribution in [1.82, 2.24) is 4.98 Å². The van der Waals surface area contributed by atoms with Crippen LogP contribution in [0.2, 0.25) is 0 Å². The number of halogens is 1. The van der Waals surface area contributed by atoms with Gasteiger partial charge in [0.1, 0.15) is 0 Å². The van der Waals surface area contributed by atoms with E-state index in [0.717, 1.165) is 4.47 Å². The van der Waals surface area contributed by atoms with Crippen LogP contribution in [0.4, 0.5) is 5.69 Å². The van der Waals surface area contributed by atoms with Crippen LogP contribution in [0.5, 0.6) is 0 Å². The van der Waals surface area contributed by atoms with Crippen molar-refractivity contribution in [1.29, 1.82) is 0 Å². The largest absolute Gasteiger partial charge is 0.481 e. The number of aromatic nitrogens is 1. The lowest BCUT2D eigenvalue weighted by molar-refractivity contribution is -0.141. The maximum Gasteiger partial charge on any atom is 0.308 e. The van der Waals surface area contributed by atoms with E-state index in [9.17, 15) is 9.59 Å². The number of hydrogen-bond donors (Lipinski definition) is 1. The Balaban J connectivity index is 2.23. The van der Waals surface area contributed by atoms with Crippen LogP contribution in [0, 0.1) is 5.92 Å². The van der Waals surface area contributed by atoms with E-state index in [2.05, 4.69) is 20.9 Å². The van der Waals surface area contributed by atoms with E-state index < -0.39 is 11.9 Å². The first-order valence-corrected chi connectivity index (χ1v) is 5.51. The molecule has 16 heavy (non-hydrogen) atoms. The molecule has 0 bridgehead atoms. The second kappa shape index (κ2) is 4.21. The molecule has 2 heterocycles. The normalized spacial score (nSPS) is 20.2. The van der Waals surface area contributed by atoms with Crippen molar-refractivity contribution in [3.63, 3.8) is 0 Å². The van der Waals surface area contributed by atoms with Crippen molar-refractivity contribution < 1.29 is 14.7 Å². The fraction of sp³-hybridized carbons (Fsp3) is 0.300. The molecule has 0 radical (unpaired) electrons. The first-order valence-electron chi connectivity index (χ1n) is 4.71. The van der Waals surface area contributed by atoms with Gasteiger partial charge >= 0.3 is 5.97 Å². The van der Waals surface area contributed by atoms with Crippen molar-refractivity contribution in [2.75, 3.05) is 11.4 Å². The summed E-state index contributed by atoms with van der Waals surface area (Å²) < 4.78 is 0.761. The number of aliphatic carboxylic acids is 1. The van der Waals surface area contributed by atoms with E-state index >= 15 is 0 Å². The Labute approximate surface area is 100 Å². The van der Waals surface area contributed by atoms with Gasteiger partial charge in [-0.15, -0.1) is 0 Å². The molecule has 0 aromatic carbocycles. The fourth-order valence-corrected chi connectivity index (χ4v) is 2.02. The van der Waals surface area contributed by atoms with Crippen molar-refractivity contribution >= 4 is 33.5 Å². The highest BCUT2D eigenvalue weighted by atomic mass is 79.9. The molecule has 84 valence electrons. The van der Waals surface area contributed by atoms with Gasteiger partial charge in [-0.25, -0.2) is 0 Å². The predicted octanol–water partition coefficient (Wildman–Crippen LogP) is 1.28. The van der Waals surface area contributed by atoms with Crippen molar-refractivity contribution in [2.45, 2.75) is 6.42 Å². The average Bonchev–Trinajstić information content (AvgIpc) is 2.60. The zero-order chi connectivity index (χ0) is 11.7. The summed E-state index contributed by atoms with van der Waals surface area (Å²) in [6.07, 6.45) is 3.22. The highest BCUT2D eigenvalue weighted by Crippen LogP contribution is 2.26. The maximum absolute atomic E-state index is 11.6. The maximum atomic E-state index is 11.6. The number of carbonyl (C=O) groups is 2. The number of carbonyl (C=O) groups excluding carboxylic acids is 1. The SMILES string of the molecule is O=C(O)C1CC(=O)N(c2cncc(Br)c2)C1. The lowest BCUT2D eigenvalue weighted by Crippen LogP contribution is -2.25. The third-order valence-electron chi connectivity index (χ3n) is 2.48. The van der Waals surface area contributed by atoms with Gasteiger partial charge in [0, 0.05) is 23.6 Å². The van der Waals surface area contributed by atoms with E-state index in [0.29, 0.717) is 5.69 Å². The average molecular weight is 285 g/mol. The van der Waals surface area contributed by atoms with Crippen molar-refractivity contribution in [3.05, 3.63) is 22.9 Å². The number of amides is 1. The molecule has 5 nitrogen and oxygen atoms in total. The van der Waals surface area contributed by atoms with E-state index in [-0.39, 0.29) is 18.9 Å². The minimum absolute atomic E-state index is 0.0574. The first-order chi connectivity index (χ1) is 7.58. The summed E-state index contributed by atoms with van der Waals surface area (Å²) in [4.78, 5) is 27.8. The zero-order valence-corrected chi connectivity index (χ0v) is 9.85. The van der Waals surface area contributed by atoms with Crippen LogP contribution in [0.15, 0.2) is 22.9 Å². The molecule has 1 unspecified atom stereocenters. The van der Waals surface area contributed by atoms with Crippen LogP contribution in [0.3, 0.4) is 0 Å². The molecule has 1 atom stereocenters. The van der Waals surface area contributed by atoms with Crippen LogP contribution < -0.4 is 4.90 Å². The molecule has 1 amide bonds. The Kier molecular flexibility index (Phi) is 2.91. The van der Waals surface area contributed by atoms with Crippen LogP contribution in [-0.2, 0) is 9.59 Å². The van der Waals surface area contributed by atoms with E-state index in [1.54, 1.807) is 18.5 Å². The minimum Gasteiger partial charge on any atom is -0.481 e. The summed E-state index contributed by atoms with van der Waals surface area (Å²) in [7, 11) is 0. The quantitative estimate of drug-likeness (QED) is 0.888. The van der Waals surface area contributed by atoms with Gasteiger partial charge in [0.15, 0.2) is 0 Å². The molecule has 0 saturated carbocycles. The second-order valence-electron chi connectivity index (χ2n) is 3.60. The van der Waals surface area contributed by atoms with Gasteiger partial charge in [0.25, 0.3) is 0 Å². The highest BCUT2D eigenvalue weighted by Gasteiger charge is 2.35. The molecule has 1 N–H and O–H groups in total. The number of carboxylic acids is 1. The number of rotatable bonds is 2. The molecule has 1 aliphatic rings. The van der Waals surface area contributed by atoms with Crippen LogP contribution in [0.1, 0.15) is 6.42 Å². The molecule has 0 aliphatic carbocycles. The topological polar surface area (TPSA) is 70.5 Å². The Bertz CT molecular complexity index is 449. The third kappa shape index (κ3) is 2.06. The molecular weight excluding hydrogens is 276 g/mol. The number of nitrogens with zero attached hydrogens (tertiary/aromatic N) is 2. The number of hydrogen-bond acceptors (Lipinski definition) is 3. The van der Waals surface area contributed by atoms with E-state index in [4.69, 9.17) is 5.11 Å². The molecule has 6 heteroatoms. The van der Waals surface area contributed by atoms with Gasteiger partial charge in [-0.1, -0.05) is 0 Å². The Morgan fingerprint density at radius 1 is 1.56 bits per heavy atom. The Hall–Kier alpha value is -1.43. The number of anilines is 1. The lowest BCUT2D eigenvalue weighted by Gasteiger charge is -2.15. The first kappa shape index (κ1) is 11.1. The van der Waals surface area contributed by atoms with Gasteiger partial charge in [-0.3, -0.25) is 14.6 Å². The molecule has 1 fully saturated rings. The predicted molar refractivity (Wildman–Crippen MR) is 60.0 cm³/mol. The van der Waals surface area contributed by atoms with E-state index in [1.807, 2.05) is 0 Å². The van der Waals surface area contributed by atoms with Crippen molar-refractivity contribution in [2.24, 2.45) is 5.92 Å². The summed E-state index contributed by atoms with van der Waals surface area (Å²) in [6, 6.07) is 1.75.